The van der Waals surface area contributed by atoms with Gasteiger partial charge < -0.3 is 20.5 Å². The van der Waals surface area contributed by atoms with E-state index >= 15 is 0 Å². The number of alkyl halides is 3. The van der Waals surface area contributed by atoms with E-state index in [0.717, 1.165) is 6.08 Å². The van der Waals surface area contributed by atoms with E-state index < -0.39 is 6.36 Å². The zero-order valence-electron chi connectivity index (χ0n) is 16.6. The molecule has 31 heavy (non-hydrogen) atoms. The Kier molecular flexibility index (Phi) is 8.63. The van der Waals surface area contributed by atoms with Gasteiger partial charge in [0.2, 0.25) is 5.91 Å². The molecule has 0 aliphatic rings. The second-order valence-electron chi connectivity index (χ2n) is 6.73. The number of amides is 2. The molecular formula is C22H23F3N2O4. The Balaban J connectivity index is 1.94. The van der Waals surface area contributed by atoms with Crippen LogP contribution in [-0.2, 0) is 17.8 Å². The molecule has 0 aromatic heterocycles. The highest BCUT2D eigenvalue weighted by Gasteiger charge is 2.31. The molecule has 0 radical (unpaired) electrons. The number of hydrogen-bond donors (Lipinski definition) is 3. The molecule has 0 aliphatic carbocycles. The second-order valence-corrected chi connectivity index (χ2v) is 6.73. The molecular weight excluding hydrogens is 413 g/mol. The van der Waals surface area contributed by atoms with E-state index in [2.05, 4.69) is 21.9 Å². The molecule has 2 aromatic rings. The maximum Gasteiger partial charge on any atom is 0.573 e. The summed E-state index contributed by atoms with van der Waals surface area (Å²) in [5, 5.41) is 15.0. The monoisotopic (exact) mass is 436 g/mol. The van der Waals surface area contributed by atoms with Crippen LogP contribution in [0.1, 0.15) is 21.5 Å². The van der Waals surface area contributed by atoms with Crippen LogP contribution in [0.5, 0.6) is 5.75 Å². The van der Waals surface area contributed by atoms with Crippen molar-refractivity contribution in [1.82, 2.24) is 10.6 Å². The first-order valence-electron chi connectivity index (χ1n) is 9.43. The smallest absolute Gasteiger partial charge is 0.406 e. The lowest BCUT2D eigenvalue weighted by molar-refractivity contribution is -0.274. The molecule has 2 amide bonds. The van der Waals surface area contributed by atoms with Crippen molar-refractivity contribution >= 4 is 11.8 Å². The van der Waals surface area contributed by atoms with Gasteiger partial charge in [-0.2, -0.15) is 0 Å². The summed E-state index contributed by atoms with van der Waals surface area (Å²) >= 11 is 0. The summed E-state index contributed by atoms with van der Waals surface area (Å²) in [5.74, 6) is -1.39. The third-order valence-electron chi connectivity index (χ3n) is 4.39. The van der Waals surface area contributed by atoms with Crippen LogP contribution in [-0.4, -0.2) is 36.4 Å². The SMILES string of the molecule is C=CC(=O)NCc1ccccc1C(=O)NCC(CO)Cc1ccc(OC(F)(F)F)cc1. The van der Waals surface area contributed by atoms with Crippen molar-refractivity contribution in [3.8, 4) is 5.75 Å². The highest BCUT2D eigenvalue weighted by molar-refractivity contribution is 5.96. The van der Waals surface area contributed by atoms with Gasteiger partial charge in [0.15, 0.2) is 0 Å². The number of aliphatic hydroxyl groups is 1. The summed E-state index contributed by atoms with van der Waals surface area (Å²) < 4.78 is 40.5. The molecule has 2 aromatic carbocycles. The highest BCUT2D eigenvalue weighted by atomic mass is 19.4. The fourth-order valence-electron chi connectivity index (χ4n) is 2.84. The summed E-state index contributed by atoms with van der Waals surface area (Å²) in [4.78, 5) is 23.9. The Labute approximate surface area is 177 Å². The molecule has 0 bridgehead atoms. The number of rotatable bonds is 10. The van der Waals surface area contributed by atoms with Crippen molar-refractivity contribution in [2.45, 2.75) is 19.3 Å². The number of ether oxygens (including phenoxy) is 1. The molecule has 9 heteroatoms. The van der Waals surface area contributed by atoms with Gasteiger partial charge in [-0.05, 0) is 41.8 Å². The molecule has 0 fully saturated rings. The summed E-state index contributed by atoms with van der Waals surface area (Å²) in [6.45, 7) is 3.46. The molecule has 6 nitrogen and oxygen atoms in total. The molecule has 2 rings (SSSR count). The normalized spacial score (nSPS) is 12.0. The van der Waals surface area contributed by atoms with Gasteiger partial charge in [-0.25, -0.2) is 0 Å². The number of aliphatic hydroxyl groups excluding tert-OH is 1. The summed E-state index contributed by atoms with van der Waals surface area (Å²) in [6.07, 6.45) is -3.28. The molecule has 166 valence electrons. The number of benzene rings is 2. The zero-order chi connectivity index (χ0) is 22.9. The lowest BCUT2D eigenvalue weighted by Gasteiger charge is -2.17. The van der Waals surface area contributed by atoms with Gasteiger partial charge >= 0.3 is 6.36 Å². The van der Waals surface area contributed by atoms with E-state index in [-0.39, 0.29) is 43.2 Å². The highest BCUT2D eigenvalue weighted by Crippen LogP contribution is 2.23. The van der Waals surface area contributed by atoms with E-state index in [0.29, 0.717) is 23.1 Å². The average molecular weight is 436 g/mol. The Morgan fingerprint density at radius 1 is 1.10 bits per heavy atom. The number of nitrogens with one attached hydrogen (secondary N) is 2. The van der Waals surface area contributed by atoms with Crippen LogP contribution in [0.15, 0.2) is 61.2 Å². The van der Waals surface area contributed by atoms with Crippen LogP contribution in [0.3, 0.4) is 0 Å². The maximum absolute atomic E-state index is 12.6. The van der Waals surface area contributed by atoms with Crippen molar-refractivity contribution in [3.63, 3.8) is 0 Å². The lowest BCUT2D eigenvalue weighted by Crippen LogP contribution is -2.33. The van der Waals surface area contributed by atoms with Gasteiger partial charge in [0.05, 0.1) is 0 Å². The van der Waals surface area contributed by atoms with Gasteiger partial charge in [0.1, 0.15) is 5.75 Å². The number of carbonyl (C=O) groups excluding carboxylic acids is 2. The standard InChI is InChI=1S/C22H23F3N2O4/c1-2-20(29)26-13-17-5-3-4-6-19(17)21(30)27-12-16(14-28)11-15-7-9-18(10-8-15)31-22(23,24)25/h2-10,16,28H,1,11-14H2,(H,26,29)(H,27,30). The Hall–Kier alpha value is -3.33. The number of halogens is 3. The van der Waals surface area contributed by atoms with Crippen molar-refractivity contribution < 1.29 is 32.6 Å². The fourth-order valence-corrected chi connectivity index (χ4v) is 2.84. The van der Waals surface area contributed by atoms with Crippen LogP contribution >= 0.6 is 0 Å². The fraction of sp³-hybridized carbons (Fsp3) is 0.273. The first-order chi connectivity index (χ1) is 14.7. The quantitative estimate of drug-likeness (QED) is 0.500. The number of hydrogen-bond acceptors (Lipinski definition) is 4. The maximum atomic E-state index is 12.6. The van der Waals surface area contributed by atoms with E-state index in [4.69, 9.17) is 0 Å². The lowest BCUT2D eigenvalue weighted by atomic mass is 9.99. The molecule has 0 aliphatic heterocycles. The molecule has 0 spiro atoms. The van der Waals surface area contributed by atoms with E-state index in [1.54, 1.807) is 24.3 Å². The number of carbonyl (C=O) groups is 2. The zero-order valence-corrected chi connectivity index (χ0v) is 16.6. The first-order valence-corrected chi connectivity index (χ1v) is 9.43. The van der Waals surface area contributed by atoms with Crippen LogP contribution < -0.4 is 15.4 Å². The summed E-state index contributed by atoms with van der Waals surface area (Å²) in [7, 11) is 0. The van der Waals surface area contributed by atoms with Gasteiger partial charge in [-0.15, -0.1) is 13.2 Å². The van der Waals surface area contributed by atoms with Gasteiger partial charge in [-0.1, -0.05) is 36.9 Å². The van der Waals surface area contributed by atoms with E-state index in [1.165, 1.54) is 24.3 Å². The Bertz CT molecular complexity index is 898. The van der Waals surface area contributed by atoms with Crippen LogP contribution in [0, 0.1) is 5.92 Å². The molecule has 0 heterocycles. The molecule has 1 unspecified atom stereocenters. The minimum atomic E-state index is -4.76. The van der Waals surface area contributed by atoms with E-state index in [9.17, 15) is 27.9 Å². The van der Waals surface area contributed by atoms with Gasteiger partial charge in [0, 0.05) is 31.2 Å². The first kappa shape index (κ1) is 23.9. The van der Waals surface area contributed by atoms with E-state index in [1.807, 2.05) is 0 Å². The third kappa shape index (κ3) is 8.13. The van der Waals surface area contributed by atoms with Crippen molar-refractivity contribution in [1.29, 1.82) is 0 Å². The van der Waals surface area contributed by atoms with Gasteiger partial charge in [-0.3, -0.25) is 9.59 Å². The van der Waals surface area contributed by atoms with Crippen LogP contribution in [0.25, 0.3) is 0 Å². The Morgan fingerprint density at radius 2 is 1.77 bits per heavy atom. The second kappa shape index (κ2) is 11.2. The molecule has 0 saturated carbocycles. The molecule has 1 atom stereocenters. The topological polar surface area (TPSA) is 87.7 Å². The van der Waals surface area contributed by atoms with Crippen molar-refractivity contribution in [3.05, 3.63) is 77.9 Å². The van der Waals surface area contributed by atoms with Crippen molar-refractivity contribution in [2.24, 2.45) is 5.92 Å². The average Bonchev–Trinajstić information content (AvgIpc) is 2.75. The molecule has 0 saturated heterocycles. The van der Waals surface area contributed by atoms with Crippen LogP contribution in [0.4, 0.5) is 13.2 Å². The largest absolute Gasteiger partial charge is 0.573 e. The molecule has 3 N–H and O–H groups in total. The minimum Gasteiger partial charge on any atom is -0.406 e. The minimum absolute atomic E-state index is 0.156. The Morgan fingerprint density at radius 3 is 2.39 bits per heavy atom. The summed E-state index contributed by atoms with van der Waals surface area (Å²) in [5.41, 5.74) is 1.70. The predicted molar refractivity (Wildman–Crippen MR) is 108 cm³/mol. The van der Waals surface area contributed by atoms with Crippen molar-refractivity contribution in [2.75, 3.05) is 13.2 Å². The third-order valence-corrected chi connectivity index (χ3v) is 4.39. The van der Waals surface area contributed by atoms with Gasteiger partial charge in [0.25, 0.3) is 5.91 Å². The summed E-state index contributed by atoms with van der Waals surface area (Å²) in [6, 6.07) is 12.1. The van der Waals surface area contributed by atoms with Crippen LogP contribution in [0.2, 0.25) is 0 Å². The predicted octanol–water partition coefficient (Wildman–Crippen LogP) is 2.97.